The van der Waals surface area contributed by atoms with Gasteiger partial charge in [0.15, 0.2) is 5.82 Å². The number of aromatic nitrogens is 4. The molecule has 1 aromatic heterocycles. The largest absolute Gasteiger partial charge is 0.416 e. The number of alkyl halides is 3. The Labute approximate surface area is 175 Å². The van der Waals surface area contributed by atoms with E-state index in [1.165, 1.54) is 16.8 Å². The summed E-state index contributed by atoms with van der Waals surface area (Å²) in [6, 6.07) is 15.4. The SMILES string of the molecule is C[C@@H](NC(=O)c1ccc2c(-c3ccc(C(F)(F)F)cc3)cccc2c1)c1nnnn1C. The Morgan fingerprint density at radius 1 is 1.06 bits per heavy atom. The average Bonchev–Trinajstić information content (AvgIpc) is 3.18. The lowest BCUT2D eigenvalue weighted by molar-refractivity contribution is -0.137. The van der Waals surface area contributed by atoms with Gasteiger partial charge in [0.05, 0.1) is 11.6 Å². The van der Waals surface area contributed by atoms with E-state index in [0.717, 1.165) is 28.5 Å². The molecule has 31 heavy (non-hydrogen) atoms. The van der Waals surface area contributed by atoms with E-state index in [1.54, 1.807) is 32.2 Å². The molecule has 4 rings (SSSR count). The van der Waals surface area contributed by atoms with Crippen LogP contribution in [0.25, 0.3) is 21.9 Å². The van der Waals surface area contributed by atoms with Crippen molar-refractivity contribution in [3.05, 3.63) is 77.6 Å². The predicted octanol–water partition coefficient (Wildman–Crippen LogP) is 4.54. The number of nitrogens with zero attached hydrogens (tertiary/aromatic N) is 4. The van der Waals surface area contributed by atoms with Crippen LogP contribution in [0.4, 0.5) is 13.2 Å². The van der Waals surface area contributed by atoms with Crippen molar-refractivity contribution in [1.82, 2.24) is 25.5 Å². The van der Waals surface area contributed by atoms with Crippen molar-refractivity contribution < 1.29 is 18.0 Å². The van der Waals surface area contributed by atoms with Gasteiger partial charge >= 0.3 is 6.18 Å². The second-order valence-corrected chi connectivity index (χ2v) is 7.17. The zero-order chi connectivity index (χ0) is 22.2. The van der Waals surface area contributed by atoms with Crippen molar-refractivity contribution in [2.75, 3.05) is 0 Å². The van der Waals surface area contributed by atoms with Gasteiger partial charge in [0, 0.05) is 12.6 Å². The van der Waals surface area contributed by atoms with Crippen LogP contribution in [0.3, 0.4) is 0 Å². The smallest absolute Gasteiger partial charge is 0.342 e. The van der Waals surface area contributed by atoms with Crippen LogP contribution in [0.15, 0.2) is 60.7 Å². The quantitative estimate of drug-likeness (QED) is 0.521. The third-order valence-electron chi connectivity index (χ3n) is 5.05. The number of nitrogens with one attached hydrogen (secondary N) is 1. The summed E-state index contributed by atoms with van der Waals surface area (Å²) < 4.78 is 40.0. The van der Waals surface area contributed by atoms with Crippen molar-refractivity contribution in [2.45, 2.75) is 19.1 Å². The van der Waals surface area contributed by atoms with Crippen molar-refractivity contribution in [1.29, 1.82) is 0 Å². The Morgan fingerprint density at radius 3 is 2.45 bits per heavy atom. The fourth-order valence-electron chi connectivity index (χ4n) is 3.46. The molecule has 158 valence electrons. The molecule has 3 aromatic carbocycles. The molecule has 0 saturated carbocycles. The molecule has 1 atom stereocenters. The first kappa shape index (κ1) is 20.5. The molecule has 0 radical (unpaired) electrons. The minimum Gasteiger partial charge on any atom is -0.342 e. The normalized spacial score (nSPS) is 12.7. The summed E-state index contributed by atoms with van der Waals surface area (Å²) in [5.74, 6) is 0.246. The second-order valence-electron chi connectivity index (χ2n) is 7.17. The molecule has 9 heteroatoms. The predicted molar refractivity (Wildman–Crippen MR) is 109 cm³/mol. The molecular formula is C22H18F3N5O. The number of rotatable bonds is 4. The zero-order valence-corrected chi connectivity index (χ0v) is 16.7. The maximum atomic E-state index is 12.8. The Kier molecular flexibility index (Phi) is 5.18. The molecule has 0 aliphatic rings. The maximum Gasteiger partial charge on any atom is 0.416 e. The lowest BCUT2D eigenvalue weighted by atomic mass is 9.96. The molecule has 0 aliphatic carbocycles. The molecule has 0 bridgehead atoms. The summed E-state index contributed by atoms with van der Waals surface area (Å²) in [6.07, 6.45) is -4.38. The number of carbonyl (C=O) groups excluding carboxylic acids is 1. The molecule has 0 spiro atoms. The lowest BCUT2D eigenvalue weighted by Gasteiger charge is -2.13. The van der Waals surface area contributed by atoms with Crippen LogP contribution >= 0.6 is 0 Å². The molecule has 0 unspecified atom stereocenters. The molecule has 6 nitrogen and oxygen atoms in total. The van der Waals surface area contributed by atoms with Crippen LogP contribution < -0.4 is 5.32 Å². The molecule has 0 aliphatic heterocycles. The molecule has 0 saturated heterocycles. The van der Waals surface area contributed by atoms with Crippen LogP contribution in [0.1, 0.15) is 34.7 Å². The fourth-order valence-corrected chi connectivity index (χ4v) is 3.46. The van der Waals surface area contributed by atoms with Gasteiger partial charge in [0.1, 0.15) is 0 Å². The average molecular weight is 425 g/mol. The van der Waals surface area contributed by atoms with Crippen molar-refractivity contribution in [3.63, 3.8) is 0 Å². The highest BCUT2D eigenvalue weighted by atomic mass is 19.4. The van der Waals surface area contributed by atoms with Gasteiger partial charge in [-0.1, -0.05) is 36.4 Å². The van der Waals surface area contributed by atoms with E-state index >= 15 is 0 Å². The van der Waals surface area contributed by atoms with E-state index in [2.05, 4.69) is 20.8 Å². The summed E-state index contributed by atoms with van der Waals surface area (Å²) in [7, 11) is 1.69. The van der Waals surface area contributed by atoms with E-state index < -0.39 is 11.7 Å². The van der Waals surface area contributed by atoms with Crippen LogP contribution in [0.5, 0.6) is 0 Å². The molecule has 1 heterocycles. The van der Waals surface area contributed by atoms with E-state index in [1.807, 2.05) is 18.2 Å². The Morgan fingerprint density at radius 2 is 1.81 bits per heavy atom. The minimum absolute atomic E-state index is 0.280. The summed E-state index contributed by atoms with van der Waals surface area (Å²) >= 11 is 0. The van der Waals surface area contributed by atoms with Gasteiger partial charge in [0.25, 0.3) is 5.91 Å². The second kappa shape index (κ2) is 7.82. The van der Waals surface area contributed by atoms with Crippen molar-refractivity contribution >= 4 is 16.7 Å². The number of tetrazole rings is 1. The molecule has 4 aromatic rings. The van der Waals surface area contributed by atoms with Gasteiger partial charge in [0.2, 0.25) is 0 Å². The number of fused-ring (bicyclic) bond motifs is 1. The Balaban J connectivity index is 1.62. The van der Waals surface area contributed by atoms with E-state index in [4.69, 9.17) is 0 Å². The molecular weight excluding hydrogens is 407 g/mol. The van der Waals surface area contributed by atoms with E-state index in [9.17, 15) is 18.0 Å². The first-order valence-corrected chi connectivity index (χ1v) is 9.47. The van der Waals surface area contributed by atoms with Gasteiger partial charge in [-0.3, -0.25) is 4.79 Å². The maximum absolute atomic E-state index is 12.8. The third-order valence-corrected chi connectivity index (χ3v) is 5.05. The van der Waals surface area contributed by atoms with Crippen LogP contribution in [-0.4, -0.2) is 26.1 Å². The number of aryl methyl sites for hydroxylation is 1. The van der Waals surface area contributed by atoms with Crippen molar-refractivity contribution in [3.8, 4) is 11.1 Å². The number of benzene rings is 3. The summed E-state index contributed by atoms with van der Waals surface area (Å²) in [6.45, 7) is 1.79. The Hall–Kier alpha value is -3.75. The number of halogens is 3. The standard InChI is InChI=1S/C22H18F3N5O/c1-13(20-27-28-29-30(20)2)26-21(31)16-8-11-19-15(12-16)4-3-5-18(19)14-6-9-17(10-7-14)22(23,24)25/h3-13H,1-2H3,(H,26,31)/t13-/m1/s1. The highest BCUT2D eigenvalue weighted by Crippen LogP contribution is 2.33. The Bertz CT molecular complexity index is 1250. The number of amides is 1. The van der Waals surface area contributed by atoms with E-state index in [0.29, 0.717) is 17.0 Å². The lowest BCUT2D eigenvalue weighted by Crippen LogP contribution is -2.28. The summed E-state index contributed by atoms with van der Waals surface area (Å²) in [5.41, 5.74) is 1.22. The highest BCUT2D eigenvalue weighted by Gasteiger charge is 2.30. The summed E-state index contributed by atoms with van der Waals surface area (Å²) in [4.78, 5) is 12.7. The molecule has 1 amide bonds. The van der Waals surface area contributed by atoms with Gasteiger partial charge < -0.3 is 5.32 Å². The highest BCUT2D eigenvalue weighted by molar-refractivity contribution is 6.02. The monoisotopic (exact) mass is 425 g/mol. The van der Waals surface area contributed by atoms with Gasteiger partial charge in [-0.15, -0.1) is 5.10 Å². The van der Waals surface area contributed by atoms with Gasteiger partial charge in [-0.2, -0.15) is 13.2 Å². The van der Waals surface area contributed by atoms with Crippen LogP contribution in [-0.2, 0) is 13.2 Å². The van der Waals surface area contributed by atoms with Gasteiger partial charge in [-0.25, -0.2) is 4.68 Å². The third kappa shape index (κ3) is 4.11. The van der Waals surface area contributed by atoms with Gasteiger partial charge in [-0.05, 0) is 63.5 Å². The number of hydrogen-bond acceptors (Lipinski definition) is 4. The zero-order valence-electron chi connectivity index (χ0n) is 16.7. The number of hydrogen-bond donors (Lipinski definition) is 1. The topological polar surface area (TPSA) is 72.7 Å². The van der Waals surface area contributed by atoms with Crippen LogP contribution in [0, 0.1) is 0 Å². The first-order valence-electron chi connectivity index (χ1n) is 9.47. The first-order chi connectivity index (χ1) is 14.7. The molecule has 0 fully saturated rings. The molecule has 1 N–H and O–H groups in total. The van der Waals surface area contributed by atoms with Crippen LogP contribution in [0.2, 0.25) is 0 Å². The summed E-state index contributed by atoms with van der Waals surface area (Å²) in [5, 5.41) is 15.7. The number of carbonyl (C=O) groups is 1. The minimum atomic E-state index is -4.38. The van der Waals surface area contributed by atoms with Crippen molar-refractivity contribution in [2.24, 2.45) is 7.05 Å². The fraction of sp³-hybridized carbons (Fsp3) is 0.182. The van der Waals surface area contributed by atoms with E-state index in [-0.39, 0.29) is 11.9 Å².